The highest BCUT2D eigenvalue weighted by Gasteiger charge is 2.48. The molecule has 4 heterocycles. The number of aromatic nitrogens is 2. The highest BCUT2D eigenvalue weighted by Crippen LogP contribution is 2.30. The average molecular weight is 1300 g/mol. The van der Waals surface area contributed by atoms with Gasteiger partial charge in [-0.25, -0.2) is 14.8 Å². The number of hydrogen-bond donors (Lipinski definition) is 10. The van der Waals surface area contributed by atoms with Crippen molar-refractivity contribution in [2.75, 3.05) is 75.2 Å². The molecule has 2 aromatic carbocycles. The number of unbranched alkanes of at least 4 members (excludes halogenated alkanes) is 1. The molecule has 6 rings (SSSR count). The number of piperidine rings is 1. The zero-order valence-electron chi connectivity index (χ0n) is 48.6. The number of benzene rings is 2. The summed E-state index contributed by atoms with van der Waals surface area (Å²) in [7, 11) is 3.83. The quantitative estimate of drug-likeness (QED) is 0.0108. The summed E-state index contributed by atoms with van der Waals surface area (Å²) >= 11 is 2.25. The van der Waals surface area contributed by atoms with E-state index < -0.39 is 78.3 Å². The van der Waals surface area contributed by atoms with E-state index in [9.17, 15) is 54.0 Å². The molecule has 0 aliphatic carbocycles. The van der Waals surface area contributed by atoms with E-state index in [2.05, 4.69) is 70.2 Å². The van der Waals surface area contributed by atoms with E-state index in [0.717, 1.165) is 46.8 Å². The Hall–Kier alpha value is -6.41. The maximum absolute atomic E-state index is 14.1. The van der Waals surface area contributed by atoms with E-state index in [0.29, 0.717) is 63.4 Å². The minimum Gasteiger partial charge on any atom is -0.479 e. The smallest absolute Gasteiger partial charge is 0.335 e. The minimum absolute atomic E-state index is 0.0202. The Balaban J connectivity index is 0.938. The minimum atomic E-state index is -2.04. The lowest BCUT2D eigenvalue weighted by atomic mass is 9.99. The molecule has 10 N–H and O–H groups in total. The van der Waals surface area contributed by atoms with Crippen LogP contribution in [0.4, 0.5) is 11.4 Å². The van der Waals surface area contributed by atoms with Crippen LogP contribution >= 0.6 is 22.6 Å². The number of hydrogen-bond acceptors (Lipinski definition) is 19. The third kappa shape index (κ3) is 20.6. The molecule has 5 amide bonds. The van der Waals surface area contributed by atoms with Crippen LogP contribution in [0.5, 0.6) is 5.75 Å². The summed E-state index contributed by atoms with van der Waals surface area (Å²) in [6.45, 7) is 8.89. The molecule has 0 spiro atoms. The van der Waals surface area contributed by atoms with Crippen LogP contribution < -0.4 is 36.7 Å². The van der Waals surface area contributed by atoms with Crippen LogP contribution in [0.25, 0.3) is 11.0 Å². The molecule has 2 saturated heterocycles. The van der Waals surface area contributed by atoms with Gasteiger partial charge in [0.25, 0.3) is 5.91 Å². The number of aliphatic hydroxyl groups is 3. The largest absolute Gasteiger partial charge is 0.479 e. The molecule has 2 aliphatic rings. The van der Waals surface area contributed by atoms with Gasteiger partial charge >= 0.3 is 11.9 Å². The van der Waals surface area contributed by atoms with E-state index in [1.807, 2.05) is 36.1 Å². The van der Waals surface area contributed by atoms with Gasteiger partial charge in [-0.2, -0.15) is 0 Å². The van der Waals surface area contributed by atoms with Gasteiger partial charge in [-0.3, -0.25) is 34.2 Å². The standard InChI is InChI=1S/C58H81IN10O16/c1-35(2)48(56(78)63-36(3)54(76)65-40-13-11-37(12-14-40)34-83-47(72)10-6-7-21-59)66-55(77)43-16-15-41(32-44(43)84-58-51(75)49(73)50(74)52(85-58)57(79)80)64-45(70)20-27-81-29-30-82-28-23-61-39-17-24-68(25-18-39)46(71)19-26-69-42(33-67(5)60-4)31-38-9-8-22-62-53(38)69/h8-9,11-16,22,31-32,35-36,39,48-52,58,60-61,73-75H,6-7,10,17-21,23-30,33-34H2,1-5H3,(H,63,78)(H,64,70)(H,65,76)(H,66,77)(H,79,80)/t36-,48-,49-,50-,51+,52-,58+/m0/s1. The number of carboxylic acids is 1. The first kappa shape index (κ1) is 67.7. The Labute approximate surface area is 507 Å². The number of ether oxygens (including phenoxy) is 5. The number of aryl methyl sites for hydroxylation is 1. The molecular weight excluding hydrogens is 1220 g/mol. The number of aliphatic carboxylic acids is 1. The fourth-order valence-corrected chi connectivity index (χ4v) is 9.94. The number of halogens is 1. The van der Waals surface area contributed by atoms with E-state index in [1.165, 1.54) is 25.1 Å². The van der Waals surface area contributed by atoms with Crippen LogP contribution in [0.15, 0.2) is 66.9 Å². The number of fused-ring (bicyclic) bond motifs is 1. The second kappa shape index (κ2) is 34.1. The molecule has 85 heavy (non-hydrogen) atoms. The molecule has 27 heteroatoms. The zero-order valence-corrected chi connectivity index (χ0v) is 50.8. The number of anilines is 2. The molecule has 0 saturated carbocycles. The maximum atomic E-state index is 14.1. The van der Waals surface area contributed by atoms with Crippen LogP contribution in [0.2, 0.25) is 0 Å². The second-order valence-corrected chi connectivity index (χ2v) is 22.2. The SMILES string of the molecule is CNN(C)Cc1cc2cccnc2n1CCC(=O)N1CCC(NCCOCCOCCC(=O)Nc2ccc(C(=O)N[C@H](C(=O)N[C@@H](C)C(=O)Nc3ccc(COC(=O)CCCCI)cc3)C(C)C)c(O[C@@H]3O[C@H](C(=O)O)[C@@H](O)[C@H](O)[C@H]3O)c2)CC1. The number of aliphatic hydroxyl groups excluding tert-OH is 3. The number of rotatable bonds is 33. The number of esters is 1. The van der Waals surface area contributed by atoms with Gasteiger partial charge in [0.1, 0.15) is 48.4 Å². The summed E-state index contributed by atoms with van der Waals surface area (Å²) in [4.78, 5) is 97.8. The van der Waals surface area contributed by atoms with Crippen molar-refractivity contribution >= 4 is 86.5 Å². The highest BCUT2D eigenvalue weighted by molar-refractivity contribution is 14.1. The molecule has 2 aliphatic heterocycles. The van der Waals surface area contributed by atoms with Crippen molar-refractivity contribution in [3.8, 4) is 5.75 Å². The van der Waals surface area contributed by atoms with Crippen LogP contribution in [0.3, 0.4) is 0 Å². The lowest BCUT2D eigenvalue weighted by molar-refractivity contribution is -0.271. The predicted molar refractivity (Wildman–Crippen MR) is 320 cm³/mol. The summed E-state index contributed by atoms with van der Waals surface area (Å²) in [5.74, 6) is -5.48. The first-order valence-corrected chi connectivity index (χ1v) is 30.0. The normalized spacial score (nSPS) is 18.9. The second-order valence-electron chi connectivity index (χ2n) is 21.1. The maximum Gasteiger partial charge on any atom is 0.335 e. The van der Waals surface area contributed by atoms with Crippen molar-refractivity contribution in [1.82, 2.24) is 40.8 Å². The number of amides is 5. The van der Waals surface area contributed by atoms with Gasteiger partial charge in [-0.15, -0.1) is 0 Å². The number of nitrogens with zero attached hydrogens (tertiary/aromatic N) is 4. The number of alkyl halides is 1. The summed E-state index contributed by atoms with van der Waals surface area (Å²) in [6.07, 6.45) is -4.40. The Kier molecular flexibility index (Phi) is 27.1. The van der Waals surface area contributed by atoms with Crippen molar-refractivity contribution in [3.05, 3.63) is 83.7 Å². The van der Waals surface area contributed by atoms with Crippen molar-refractivity contribution in [2.45, 2.75) is 134 Å². The van der Waals surface area contributed by atoms with E-state index in [-0.39, 0.29) is 67.8 Å². The van der Waals surface area contributed by atoms with Crippen molar-refractivity contribution in [1.29, 1.82) is 0 Å². The van der Waals surface area contributed by atoms with Gasteiger partial charge in [-0.1, -0.05) is 48.6 Å². The molecule has 4 aromatic rings. The number of pyridine rings is 1. The number of carboxylic acid groups (broad SMARTS) is 1. The number of hydrazine groups is 1. The van der Waals surface area contributed by atoms with Crippen LogP contribution in [0, 0.1) is 5.92 Å². The Morgan fingerprint density at radius 3 is 2.24 bits per heavy atom. The summed E-state index contributed by atoms with van der Waals surface area (Å²) in [6, 6.07) is 14.4. The Morgan fingerprint density at radius 1 is 0.824 bits per heavy atom. The van der Waals surface area contributed by atoms with Gasteiger partial charge in [-0.05, 0) is 98.0 Å². The molecule has 7 atom stereocenters. The highest BCUT2D eigenvalue weighted by atomic mass is 127. The monoisotopic (exact) mass is 1300 g/mol. The van der Waals surface area contributed by atoms with Crippen molar-refractivity contribution in [3.63, 3.8) is 0 Å². The number of nitrogens with one attached hydrogen (secondary N) is 6. The van der Waals surface area contributed by atoms with E-state index >= 15 is 0 Å². The number of carbonyl (C=O) groups excluding carboxylic acids is 6. The zero-order chi connectivity index (χ0) is 61.6. The molecule has 2 aromatic heterocycles. The van der Waals surface area contributed by atoms with Crippen LogP contribution in [-0.4, -0.2) is 195 Å². The first-order chi connectivity index (χ1) is 40.8. The molecular formula is C58H81IN10O16. The summed E-state index contributed by atoms with van der Waals surface area (Å²) in [5, 5.41) is 58.4. The summed E-state index contributed by atoms with van der Waals surface area (Å²) < 4.78 is 30.9. The van der Waals surface area contributed by atoms with Gasteiger partial charge in [0.2, 0.25) is 29.9 Å². The summed E-state index contributed by atoms with van der Waals surface area (Å²) in [5.41, 5.74) is 6.01. The Bertz CT molecular complexity index is 2850. The van der Waals surface area contributed by atoms with E-state index in [1.54, 1.807) is 44.3 Å². The number of likely N-dealkylation sites (tertiary alicyclic amines) is 1. The van der Waals surface area contributed by atoms with Crippen LogP contribution in [0.1, 0.15) is 87.3 Å². The molecule has 0 radical (unpaired) electrons. The van der Waals surface area contributed by atoms with Gasteiger partial charge < -0.3 is 80.2 Å². The van der Waals surface area contributed by atoms with Crippen molar-refractivity contribution < 1.29 is 77.7 Å². The Morgan fingerprint density at radius 2 is 1.54 bits per heavy atom. The lowest BCUT2D eigenvalue weighted by Gasteiger charge is -2.38. The fourth-order valence-electron chi connectivity index (χ4n) is 9.40. The van der Waals surface area contributed by atoms with Gasteiger partial charge in [0.15, 0.2) is 6.10 Å². The third-order valence-corrected chi connectivity index (χ3v) is 15.1. The fraction of sp³-hybridized carbons (Fsp3) is 0.552. The predicted octanol–water partition coefficient (Wildman–Crippen LogP) is 2.45. The molecule has 466 valence electrons. The lowest BCUT2D eigenvalue weighted by Crippen LogP contribution is -2.61. The van der Waals surface area contributed by atoms with Crippen LogP contribution in [-0.2, 0) is 67.4 Å². The first-order valence-electron chi connectivity index (χ1n) is 28.5. The topological polar surface area (TPSA) is 343 Å². The third-order valence-electron chi connectivity index (χ3n) is 14.4. The van der Waals surface area contributed by atoms with Gasteiger partial charge in [0.05, 0.1) is 45.0 Å². The molecule has 0 unspecified atom stereocenters. The number of carbonyl (C=O) groups is 7. The van der Waals surface area contributed by atoms with Crippen molar-refractivity contribution in [2.24, 2.45) is 5.92 Å². The van der Waals surface area contributed by atoms with E-state index in [4.69, 9.17) is 23.7 Å². The molecule has 2 fully saturated rings. The molecule has 0 bridgehead atoms. The van der Waals surface area contributed by atoms with Gasteiger partial charge in [0, 0.05) is 86.8 Å². The molecule has 26 nitrogen and oxygen atoms in total. The average Bonchev–Trinajstić information content (AvgIpc) is 3.91.